The first-order valence-corrected chi connectivity index (χ1v) is 6.64. The molecular weight excluding hydrogens is 312 g/mol. The number of fused-ring (bicyclic) bond motifs is 1. The topological polar surface area (TPSA) is 39.1 Å². The SMILES string of the molecule is O=Cc1cn(C(=O)c2cc(F)cc(F)c2)c2cc(Cl)ccc12. The Morgan fingerprint density at radius 2 is 1.77 bits per heavy atom. The van der Waals surface area contributed by atoms with Gasteiger partial charge in [0.1, 0.15) is 11.6 Å². The molecule has 0 aliphatic carbocycles. The molecule has 3 nitrogen and oxygen atoms in total. The number of carbonyl (C=O) groups is 2. The standard InChI is InChI=1S/C16H8ClF2NO2/c17-11-1-2-14-10(8-21)7-20(15(14)5-11)16(22)9-3-12(18)6-13(19)4-9/h1-8H. The van der Waals surface area contributed by atoms with Crippen LogP contribution in [0, 0.1) is 11.6 Å². The Labute approximate surface area is 128 Å². The van der Waals surface area contributed by atoms with Gasteiger partial charge in [-0.1, -0.05) is 17.7 Å². The van der Waals surface area contributed by atoms with Crippen LogP contribution in [0.15, 0.2) is 42.6 Å². The molecule has 0 amide bonds. The summed E-state index contributed by atoms with van der Waals surface area (Å²) in [6.45, 7) is 0. The Morgan fingerprint density at radius 3 is 2.41 bits per heavy atom. The van der Waals surface area contributed by atoms with Crippen molar-refractivity contribution in [3.8, 4) is 0 Å². The highest BCUT2D eigenvalue weighted by molar-refractivity contribution is 6.31. The summed E-state index contributed by atoms with van der Waals surface area (Å²) in [5, 5.41) is 0.909. The average molecular weight is 320 g/mol. The monoisotopic (exact) mass is 319 g/mol. The first-order chi connectivity index (χ1) is 10.5. The highest BCUT2D eigenvalue weighted by Gasteiger charge is 2.17. The summed E-state index contributed by atoms with van der Waals surface area (Å²) >= 11 is 5.91. The first kappa shape index (κ1) is 14.4. The third kappa shape index (κ3) is 2.40. The molecule has 2 aromatic carbocycles. The largest absolute Gasteiger partial charge is 0.298 e. The van der Waals surface area contributed by atoms with E-state index in [9.17, 15) is 18.4 Å². The molecule has 0 N–H and O–H groups in total. The van der Waals surface area contributed by atoms with Crippen molar-refractivity contribution in [2.45, 2.75) is 0 Å². The summed E-state index contributed by atoms with van der Waals surface area (Å²) in [5.41, 5.74) is 0.521. The fraction of sp³-hybridized carbons (Fsp3) is 0. The van der Waals surface area contributed by atoms with E-state index < -0.39 is 17.5 Å². The van der Waals surface area contributed by atoms with Crippen LogP contribution in [-0.2, 0) is 0 Å². The summed E-state index contributed by atoms with van der Waals surface area (Å²) in [7, 11) is 0. The van der Waals surface area contributed by atoms with Crippen molar-refractivity contribution in [1.29, 1.82) is 0 Å². The second-order valence-corrected chi connectivity index (χ2v) is 5.13. The molecule has 0 radical (unpaired) electrons. The number of rotatable bonds is 2. The lowest BCUT2D eigenvalue weighted by molar-refractivity contribution is 0.0964. The van der Waals surface area contributed by atoms with E-state index in [0.29, 0.717) is 28.3 Å². The van der Waals surface area contributed by atoms with Gasteiger partial charge in [0.15, 0.2) is 6.29 Å². The Balaban J connectivity index is 2.22. The minimum absolute atomic E-state index is 0.160. The van der Waals surface area contributed by atoms with Crippen LogP contribution in [-0.4, -0.2) is 16.8 Å². The maximum absolute atomic E-state index is 13.3. The van der Waals surface area contributed by atoms with E-state index in [-0.39, 0.29) is 11.1 Å². The molecule has 1 aromatic heterocycles. The lowest BCUT2D eigenvalue weighted by Gasteiger charge is -2.05. The molecule has 22 heavy (non-hydrogen) atoms. The fourth-order valence-corrected chi connectivity index (χ4v) is 2.47. The van der Waals surface area contributed by atoms with E-state index in [4.69, 9.17) is 11.6 Å². The number of carbonyl (C=O) groups excluding carboxylic acids is 2. The smallest absolute Gasteiger partial charge is 0.262 e. The zero-order valence-electron chi connectivity index (χ0n) is 11.0. The highest BCUT2D eigenvalue weighted by Crippen LogP contribution is 2.25. The van der Waals surface area contributed by atoms with Gasteiger partial charge in [-0.25, -0.2) is 8.78 Å². The van der Waals surface area contributed by atoms with Crippen LogP contribution >= 0.6 is 11.6 Å². The van der Waals surface area contributed by atoms with Gasteiger partial charge in [0.05, 0.1) is 5.52 Å². The molecule has 0 aliphatic heterocycles. The van der Waals surface area contributed by atoms with Crippen molar-refractivity contribution in [3.05, 3.63) is 70.4 Å². The van der Waals surface area contributed by atoms with Crippen molar-refractivity contribution < 1.29 is 18.4 Å². The Morgan fingerprint density at radius 1 is 1.09 bits per heavy atom. The highest BCUT2D eigenvalue weighted by atomic mass is 35.5. The molecule has 0 atom stereocenters. The van der Waals surface area contributed by atoms with Gasteiger partial charge in [-0.2, -0.15) is 0 Å². The van der Waals surface area contributed by atoms with Gasteiger partial charge in [-0.05, 0) is 24.3 Å². The van der Waals surface area contributed by atoms with Crippen LogP contribution in [0.5, 0.6) is 0 Å². The van der Waals surface area contributed by atoms with Crippen molar-refractivity contribution in [3.63, 3.8) is 0 Å². The lowest BCUT2D eigenvalue weighted by Crippen LogP contribution is -2.11. The zero-order valence-corrected chi connectivity index (χ0v) is 11.8. The van der Waals surface area contributed by atoms with Crippen LogP contribution in [0.1, 0.15) is 20.7 Å². The molecule has 110 valence electrons. The van der Waals surface area contributed by atoms with Crippen molar-refractivity contribution in [2.24, 2.45) is 0 Å². The first-order valence-electron chi connectivity index (χ1n) is 6.26. The van der Waals surface area contributed by atoms with E-state index in [1.54, 1.807) is 12.1 Å². The van der Waals surface area contributed by atoms with Gasteiger partial charge in [0, 0.05) is 33.8 Å². The number of nitrogens with zero attached hydrogens (tertiary/aromatic N) is 1. The predicted octanol–water partition coefficient (Wildman–Crippen LogP) is 4.07. The molecule has 0 unspecified atom stereocenters. The predicted molar refractivity (Wildman–Crippen MR) is 78.4 cm³/mol. The summed E-state index contributed by atoms with van der Waals surface area (Å²) in [4.78, 5) is 23.6. The van der Waals surface area contributed by atoms with E-state index in [0.717, 1.165) is 16.7 Å². The van der Waals surface area contributed by atoms with Crippen LogP contribution in [0.4, 0.5) is 8.78 Å². The molecule has 3 aromatic rings. The van der Waals surface area contributed by atoms with Crippen LogP contribution in [0.25, 0.3) is 10.9 Å². The second kappa shape index (κ2) is 5.35. The van der Waals surface area contributed by atoms with E-state index in [2.05, 4.69) is 0 Å². The average Bonchev–Trinajstić information content (AvgIpc) is 2.83. The number of benzene rings is 2. The minimum Gasteiger partial charge on any atom is -0.298 e. The van der Waals surface area contributed by atoms with Crippen LogP contribution < -0.4 is 0 Å². The third-order valence-corrected chi connectivity index (χ3v) is 3.49. The molecule has 0 saturated heterocycles. The quantitative estimate of drug-likeness (QED) is 0.668. The van der Waals surface area contributed by atoms with Crippen molar-refractivity contribution >= 4 is 34.7 Å². The van der Waals surface area contributed by atoms with E-state index >= 15 is 0 Å². The third-order valence-electron chi connectivity index (χ3n) is 3.25. The maximum atomic E-state index is 13.3. The molecule has 6 heteroatoms. The van der Waals surface area contributed by atoms with E-state index in [1.165, 1.54) is 12.3 Å². The van der Waals surface area contributed by atoms with Crippen molar-refractivity contribution in [2.75, 3.05) is 0 Å². The lowest BCUT2D eigenvalue weighted by atomic mass is 10.2. The second-order valence-electron chi connectivity index (χ2n) is 4.70. The molecule has 0 spiro atoms. The van der Waals surface area contributed by atoms with Crippen LogP contribution in [0.2, 0.25) is 5.02 Å². The Hall–Kier alpha value is -2.53. The Bertz CT molecular complexity index is 898. The van der Waals surface area contributed by atoms with Crippen LogP contribution in [0.3, 0.4) is 0 Å². The molecule has 1 heterocycles. The molecule has 0 bridgehead atoms. The molecule has 3 rings (SSSR count). The maximum Gasteiger partial charge on any atom is 0.262 e. The molecule has 0 aliphatic rings. The van der Waals surface area contributed by atoms with Gasteiger partial charge >= 0.3 is 0 Å². The number of halogens is 3. The Kier molecular flexibility index (Phi) is 3.50. The summed E-state index contributed by atoms with van der Waals surface area (Å²) in [6.07, 6.45) is 1.92. The number of hydrogen-bond donors (Lipinski definition) is 0. The molecular formula is C16H8ClF2NO2. The van der Waals surface area contributed by atoms with Gasteiger partial charge in [0.2, 0.25) is 0 Å². The fourth-order valence-electron chi connectivity index (χ4n) is 2.30. The van der Waals surface area contributed by atoms with Gasteiger partial charge in [-0.3, -0.25) is 14.2 Å². The number of hydrogen-bond acceptors (Lipinski definition) is 2. The number of aromatic nitrogens is 1. The molecule has 0 fully saturated rings. The minimum atomic E-state index is -0.853. The van der Waals surface area contributed by atoms with Gasteiger partial charge in [0.25, 0.3) is 5.91 Å². The van der Waals surface area contributed by atoms with Crippen molar-refractivity contribution in [1.82, 2.24) is 4.57 Å². The number of aldehydes is 1. The van der Waals surface area contributed by atoms with E-state index in [1.807, 2.05) is 0 Å². The van der Waals surface area contributed by atoms with Gasteiger partial charge in [-0.15, -0.1) is 0 Å². The summed E-state index contributed by atoms with van der Waals surface area (Å²) < 4.78 is 27.7. The summed E-state index contributed by atoms with van der Waals surface area (Å²) in [6, 6.07) is 7.26. The normalized spacial score (nSPS) is 10.9. The van der Waals surface area contributed by atoms with Gasteiger partial charge < -0.3 is 0 Å². The summed E-state index contributed by atoms with van der Waals surface area (Å²) in [5.74, 6) is -2.36. The zero-order chi connectivity index (χ0) is 15.9. The molecule has 0 saturated carbocycles.